The van der Waals surface area contributed by atoms with Crippen molar-refractivity contribution in [3.05, 3.63) is 35.9 Å². The van der Waals surface area contributed by atoms with E-state index < -0.39 is 17.9 Å². The van der Waals surface area contributed by atoms with E-state index >= 15 is 0 Å². The molecule has 23 heavy (non-hydrogen) atoms. The molecule has 1 fully saturated rings. The van der Waals surface area contributed by atoms with Gasteiger partial charge in [0.05, 0.1) is 20.1 Å². The molecule has 1 aliphatic carbocycles. The molecule has 0 amide bonds. The largest absolute Gasteiger partial charge is 0.469 e. The molecule has 0 heterocycles. The zero-order chi connectivity index (χ0) is 16.8. The minimum atomic E-state index is -0.996. The lowest BCUT2D eigenvalue weighted by Gasteiger charge is -2.36. The molecule has 1 aliphatic rings. The van der Waals surface area contributed by atoms with Crippen molar-refractivity contribution in [3.63, 3.8) is 0 Å². The molecule has 0 radical (unpaired) electrons. The van der Waals surface area contributed by atoms with Gasteiger partial charge >= 0.3 is 17.9 Å². The van der Waals surface area contributed by atoms with Crippen LogP contribution in [0.25, 0.3) is 0 Å². The van der Waals surface area contributed by atoms with Gasteiger partial charge < -0.3 is 14.2 Å². The van der Waals surface area contributed by atoms with Crippen LogP contribution in [0.1, 0.15) is 18.4 Å². The number of esters is 3. The van der Waals surface area contributed by atoms with E-state index in [0.717, 1.165) is 5.56 Å². The SMILES string of the molecule is COC(=O)C1CC(C(C(=O)OC)C(=O)OCc2ccccc2)C1. The highest BCUT2D eigenvalue weighted by atomic mass is 16.5. The van der Waals surface area contributed by atoms with E-state index in [-0.39, 0.29) is 24.4 Å². The van der Waals surface area contributed by atoms with Crippen LogP contribution in [0.4, 0.5) is 0 Å². The van der Waals surface area contributed by atoms with E-state index in [1.165, 1.54) is 14.2 Å². The molecular weight excluding hydrogens is 300 g/mol. The summed E-state index contributed by atoms with van der Waals surface area (Å²) in [6.45, 7) is 0.0975. The molecule has 0 N–H and O–H groups in total. The smallest absolute Gasteiger partial charge is 0.320 e. The Labute approximate surface area is 134 Å². The van der Waals surface area contributed by atoms with Crippen LogP contribution in [0.3, 0.4) is 0 Å². The van der Waals surface area contributed by atoms with E-state index in [1.807, 2.05) is 30.3 Å². The molecule has 0 aliphatic heterocycles. The highest BCUT2D eigenvalue weighted by Gasteiger charge is 2.47. The van der Waals surface area contributed by atoms with E-state index in [4.69, 9.17) is 9.47 Å². The Morgan fingerprint density at radius 3 is 2.26 bits per heavy atom. The fraction of sp³-hybridized carbons (Fsp3) is 0.471. The number of hydrogen-bond donors (Lipinski definition) is 0. The van der Waals surface area contributed by atoms with Crippen LogP contribution >= 0.6 is 0 Å². The Kier molecular flexibility index (Phi) is 5.73. The molecule has 0 bridgehead atoms. The van der Waals surface area contributed by atoms with Crippen LogP contribution in [-0.2, 0) is 35.2 Å². The number of rotatable bonds is 6. The summed E-state index contributed by atoms with van der Waals surface area (Å²) in [6.07, 6.45) is 0.847. The molecule has 1 aromatic carbocycles. The average Bonchev–Trinajstić information content (AvgIpc) is 2.55. The van der Waals surface area contributed by atoms with Crippen molar-refractivity contribution in [1.82, 2.24) is 0 Å². The molecule has 1 saturated carbocycles. The zero-order valence-corrected chi connectivity index (χ0v) is 13.2. The predicted molar refractivity (Wildman–Crippen MR) is 80.0 cm³/mol. The summed E-state index contributed by atoms with van der Waals surface area (Å²) >= 11 is 0. The van der Waals surface area contributed by atoms with Gasteiger partial charge in [0, 0.05) is 0 Å². The summed E-state index contributed by atoms with van der Waals surface area (Å²) in [5, 5.41) is 0. The first-order valence-electron chi connectivity index (χ1n) is 7.43. The van der Waals surface area contributed by atoms with Crippen LogP contribution in [0.5, 0.6) is 0 Å². The summed E-state index contributed by atoms with van der Waals surface area (Å²) in [7, 11) is 2.55. The molecular formula is C17H20O6. The lowest BCUT2D eigenvalue weighted by molar-refractivity contribution is -0.170. The third-order valence-electron chi connectivity index (χ3n) is 4.11. The van der Waals surface area contributed by atoms with Crippen molar-refractivity contribution in [2.75, 3.05) is 14.2 Å². The van der Waals surface area contributed by atoms with Crippen LogP contribution in [-0.4, -0.2) is 32.1 Å². The summed E-state index contributed by atoms with van der Waals surface area (Å²) in [5.41, 5.74) is 0.838. The lowest BCUT2D eigenvalue weighted by atomic mass is 9.68. The Morgan fingerprint density at radius 2 is 1.70 bits per heavy atom. The molecule has 1 aromatic rings. The molecule has 0 saturated heterocycles. The molecule has 1 unspecified atom stereocenters. The van der Waals surface area contributed by atoms with E-state index in [0.29, 0.717) is 12.8 Å². The standard InChI is InChI=1S/C17H20O6/c1-21-15(18)13-8-12(9-13)14(16(19)22-2)17(20)23-10-11-6-4-3-5-7-11/h3-7,12-14H,8-10H2,1-2H3. The quantitative estimate of drug-likeness (QED) is 0.451. The van der Waals surface area contributed by atoms with Gasteiger partial charge in [-0.25, -0.2) is 0 Å². The van der Waals surface area contributed by atoms with Crippen molar-refractivity contribution >= 4 is 17.9 Å². The molecule has 6 nitrogen and oxygen atoms in total. The summed E-state index contributed by atoms with van der Waals surface area (Å²) in [6, 6.07) is 9.21. The summed E-state index contributed by atoms with van der Waals surface area (Å²) < 4.78 is 14.6. The fourth-order valence-electron chi connectivity index (χ4n) is 2.72. The number of benzene rings is 1. The predicted octanol–water partition coefficient (Wildman–Crippen LogP) is 1.72. The summed E-state index contributed by atoms with van der Waals surface area (Å²) in [5.74, 6) is -3.08. The minimum Gasteiger partial charge on any atom is -0.469 e. The highest BCUT2D eigenvalue weighted by Crippen LogP contribution is 2.40. The number of methoxy groups -OCH3 is 2. The van der Waals surface area contributed by atoms with Gasteiger partial charge in [0.15, 0.2) is 5.92 Å². The van der Waals surface area contributed by atoms with E-state index in [2.05, 4.69) is 4.74 Å². The first-order valence-corrected chi connectivity index (χ1v) is 7.43. The molecule has 2 rings (SSSR count). The van der Waals surface area contributed by atoms with Crippen molar-refractivity contribution in [2.24, 2.45) is 17.8 Å². The molecule has 124 valence electrons. The topological polar surface area (TPSA) is 78.9 Å². The van der Waals surface area contributed by atoms with E-state index in [1.54, 1.807) is 0 Å². The normalized spacial score (nSPS) is 20.8. The maximum Gasteiger partial charge on any atom is 0.320 e. The minimum absolute atomic E-state index is 0.0975. The first-order chi connectivity index (χ1) is 11.1. The number of carbonyl (C=O) groups excluding carboxylic acids is 3. The van der Waals surface area contributed by atoms with Gasteiger partial charge in [-0.1, -0.05) is 30.3 Å². The Bertz CT molecular complexity index is 562. The Balaban J connectivity index is 1.95. The maximum absolute atomic E-state index is 12.3. The van der Waals surface area contributed by atoms with Gasteiger partial charge in [-0.3, -0.25) is 14.4 Å². The number of hydrogen-bond acceptors (Lipinski definition) is 6. The van der Waals surface area contributed by atoms with Crippen LogP contribution < -0.4 is 0 Å². The summed E-state index contributed by atoms with van der Waals surface area (Å²) in [4.78, 5) is 35.6. The van der Waals surface area contributed by atoms with Crippen LogP contribution in [0.2, 0.25) is 0 Å². The number of carbonyl (C=O) groups is 3. The molecule has 0 spiro atoms. The molecule has 0 aromatic heterocycles. The van der Waals surface area contributed by atoms with Gasteiger partial charge in [-0.05, 0) is 24.3 Å². The Hall–Kier alpha value is -2.37. The molecule has 6 heteroatoms. The average molecular weight is 320 g/mol. The van der Waals surface area contributed by atoms with Crippen LogP contribution in [0.15, 0.2) is 30.3 Å². The van der Waals surface area contributed by atoms with Crippen molar-refractivity contribution in [2.45, 2.75) is 19.4 Å². The van der Waals surface area contributed by atoms with Gasteiger partial charge in [0.25, 0.3) is 0 Å². The van der Waals surface area contributed by atoms with E-state index in [9.17, 15) is 14.4 Å². The third kappa shape index (κ3) is 4.09. The van der Waals surface area contributed by atoms with Crippen molar-refractivity contribution in [1.29, 1.82) is 0 Å². The van der Waals surface area contributed by atoms with Gasteiger partial charge in [0.1, 0.15) is 6.61 Å². The van der Waals surface area contributed by atoms with Gasteiger partial charge in [-0.15, -0.1) is 0 Å². The van der Waals surface area contributed by atoms with Gasteiger partial charge in [0.2, 0.25) is 0 Å². The molecule has 1 atom stereocenters. The third-order valence-corrected chi connectivity index (χ3v) is 4.11. The Morgan fingerprint density at radius 1 is 1.04 bits per heavy atom. The second-order valence-electron chi connectivity index (χ2n) is 5.55. The first kappa shape index (κ1) is 17.0. The number of ether oxygens (including phenoxy) is 3. The second kappa shape index (κ2) is 7.76. The fourth-order valence-corrected chi connectivity index (χ4v) is 2.72. The second-order valence-corrected chi connectivity index (χ2v) is 5.55. The van der Waals surface area contributed by atoms with Crippen molar-refractivity contribution < 1.29 is 28.6 Å². The van der Waals surface area contributed by atoms with Gasteiger partial charge in [-0.2, -0.15) is 0 Å². The highest BCUT2D eigenvalue weighted by molar-refractivity contribution is 5.95. The monoisotopic (exact) mass is 320 g/mol. The zero-order valence-electron chi connectivity index (χ0n) is 13.2. The van der Waals surface area contributed by atoms with Crippen LogP contribution in [0, 0.1) is 17.8 Å². The maximum atomic E-state index is 12.3. The van der Waals surface area contributed by atoms with Crippen molar-refractivity contribution in [3.8, 4) is 0 Å². The lowest BCUT2D eigenvalue weighted by Crippen LogP contribution is -2.43.